The molecule has 0 aromatic rings. The number of hydrogen-bond acceptors (Lipinski definition) is 4. The fraction of sp³-hybridized carbons (Fsp3) is 0.905. The highest BCUT2D eigenvalue weighted by Gasteiger charge is 2.27. The van der Waals surface area contributed by atoms with Crippen LogP contribution in [0.1, 0.15) is 51.9 Å². The maximum atomic E-state index is 12.6. The van der Waals surface area contributed by atoms with E-state index in [0.717, 1.165) is 84.1 Å². The average molecular weight is 451 g/mol. The van der Waals surface area contributed by atoms with Gasteiger partial charge in [-0.1, -0.05) is 6.92 Å². The Hall–Kier alpha value is -0.560. The molecule has 29 heavy (non-hydrogen) atoms. The lowest BCUT2D eigenvalue weighted by Gasteiger charge is -2.36. The van der Waals surface area contributed by atoms with Crippen molar-refractivity contribution in [1.82, 2.24) is 20.0 Å². The van der Waals surface area contributed by atoms with Crippen LogP contribution < -0.4 is 5.32 Å². The molecule has 3 aliphatic heterocycles. The topological polar surface area (TPSA) is 55.9 Å². The summed E-state index contributed by atoms with van der Waals surface area (Å²) in [4.78, 5) is 31.6. The van der Waals surface area contributed by atoms with E-state index in [1.807, 2.05) is 9.80 Å². The number of carbonyl (C=O) groups is 2. The summed E-state index contributed by atoms with van der Waals surface area (Å²) in [6, 6.07) is 0. The maximum Gasteiger partial charge on any atom is 0.222 e. The lowest BCUT2D eigenvalue weighted by atomic mass is 9.91. The summed E-state index contributed by atoms with van der Waals surface area (Å²) in [7, 11) is 0. The molecule has 1 N–H and O–H groups in total. The summed E-state index contributed by atoms with van der Waals surface area (Å²) in [6.45, 7) is 10.9. The van der Waals surface area contributed by atoms with Crippen molar-refractivity contribution in [1.29, 1.82) is 0 Å². The Kier molecular flexibility index (Phi) is 12.5. The van der Waals surface area contributed by atoms with Crippen LogP contribution >= 0.6 is 24.8 Å². The zero-order valence-electron chi connectivity index (χ0n) is 17.9. The number of piperazine rings is 1. The van der Waals surface area contributed by atoms with Crippen molar-refractivity contribution < 1.29 is 9.59 Å². The summed E-state index contributed by atoms with van der Waals surface area (Å²) in [5, 5.41) is 3.39. The Bertz CT molecular complexity index is 487. The van der Waals surface area contributed by atoms with Crippen molar-refractivity contribution >= 4 is 36.6 Å². The molecule has 0 aromatic heterocycles. The van der Waals surface area contributed by atoms with Crippen molar-refractivity contribution in [2.24, 2.45) is 11.8 Å². The van der Waals surface area contributed by atoms with E-state index in [9.17, 15) is 9.59 Å². The molecule has 0 aliphatic carbocycles. The van der Waals surface area contributed by atoms with Gasteiger partial charge in [-0.3, -0.25) is 9.59 Å². The van der Waals surface area contributed by atoms with Crippen molar-refractivity contribution in [2.45, 2.75) is 51.9 Å². The third kappa shape index (κ3) is 8.23. The van der Waals surface area contributed by atoms with E-state index < -0.39 is 0 Å². The fourth-order valence-electron chi connectivity index (χ4n) is 4.73. The van der Waals surface area contributed by atoms with Gasteiger partial charge in [-0.2, -0.15) is 0 Å². The number of nitrogens with zero attached hydrogens (tertiary/aromatic N) is 3. The van der Waals surface area contributed by atoms with Crippen molar-refractivity contribution in [3.05, 3.63) is 0 Å². The molecule has 0 radical (unpaired) electrons. The Morgan fingerprint density at radius 3 is 1.97 bits per heavy atom. The molecule has 0 saturated carbocycles. The highest BCUT2D eigenvalue weighted by molar-refractivity contribution is 5.85. The van der Waals surface area contributed by atoms with Gasteiger partial charge in [-0.15, -0.1) is 24.8 Å². The summed E-state index contributed by atoms with van der Waals surface area (Å²) >= 11 is 0. The number of piperidine rings is 2. The predicted octanol–water partition coefficient (Wildman–Crippen LogP) is 2.40. The Balaban J connectivity index is 0.00000210. The standard InChI is InChI=1S/C21H38N4O2.2ClH/c1-2-23-13-15-25(16-14-23)21(27)17-19-7-11-24(12-8-19)20(26)4-3-18-5-9-22-10-6-18;;/h18-19,22H,2-17H2,1H3;2*1H. The van der Waals surface area contributed by atoms with E-state index in [2.05, 4.69) is 17.1 Å². The van der Waals surface area contributed by atoms with Gasteiger partial charge in [0.1, 0.15) is 0 Å². The average Bonchev–Trinajstić information content (AvgIpc) is 2.73. The largest absolute Gasteiger partial charge is 0.343 e. The lowest BCUT2D eigenvalue weighted by molar-refractivity contribution is -0.135. The minimum atomic E-state index is 0. The zero-order valence-corrected chi connectivity index (χ0v) is 19.6. The molecule has 3 heterocycles. The number of carbonyl (C=O) groups excluding carboxylic acids is 2. The van der Waals surface area contributed by atoms with Gasteiger partial charge in [-0.25, -0.2) is 0 Å². The smallest absolute Gasteiger partial charge is 0.222 e. The minimum Gasteiger partial charge on any atom is -0.343 e. The third-order valence-electron chi connectivity index (χ3n) is 6.83. The SMILES string of the molecule is CCN1CCN(C(=O)CC2CCN(C(=O)CCC3CCNCC3)CC2)CC1.Cl.Cl. The number of halogens is 2. The van der Waals surface area contributed by atoms with E-state index >= 15 is 0 Å². The molecule has 6 nitrogen and oxygen atoms in total. The summed E-state index contributed by atoms with van der Waals surface area (Å²) < 4.78 is 0. The van der Waals surface area contributed by atoms with Crippen LogP contribution in [0.25, 0.3) is 0 Å². The number of rotatable bonds is 6. The summed E-state index contributed by atoms with van der Waals surface area (Å²) in [5.74, 6) is 1.82. The first-order valence-corrected chi connectivity index (χ1v) is 11.1. The monoisotopic (exact) mass is 450 g/mol. The molecular weight excluding hydrogens is 411 g/mol. The first-order valence-electron chi connectivity index (χ1n) is 11.1. The Morgan fingerprint density at radius 2 is 1.38 bits per heavy atom. The van der Waals surface area contributed by atoms with E-state index in [4.69, 9.17) is 0 Å². The van der Waals surface area contributed by atoms with Gasteiger partial charge in [0.25, 0.3) is 0 Å². The molecule has 0 bridgehead atoms. The van der Waals surface area contributed by atoms with Crippen LogP contribution in [-0.4, -0.2) is 85.4 Å². The Labute approximate surface area is 188 Å². The molecule has 8 heteroatoms. The van der Waals surface area contributed by atoms with Crippen LogP contribution in [0.2, 0.25) is 0 Å². The van der Waals surface area contributed by atoms with Crippen LogP contribution in [0.5, 0.6) is 0 Å². The molecule has 3 saturated heterocycles. The zero-order chi connectivity index (χ0) is 19.1. The first-order chi connectivity index (χ1) is 13.2. The van der Waals surface area contributed by atoms with E-state index in [1.165, 1.54) is 12.8 Å². The second-order valence-electron chi connectivity index (χ2n) is 8.58. The number of likely N-dealkylation sites (tertiary alicyclic amines) is 1. The van der Waals surface area contributed by atoms with Crippen molar-refractivity contribution in [3.63, 3.8) is 0 Å². The van der Waals surface area contributed by atoms with Gasteiger partial charge >= 0.3 is 0 Å². The van der Waals surface area contributed by atoms with Crippen LogP contribution in [-0.2, 0) is 9.59 Å². The van der Waals surface area contributed by atoms with Gasteiger partial charge in [0.05, 0.1) is 0 Å². The van der Waals surface area contributed by atoms with Gasteiger partial charge in [0, 0.05) is 52.1 Å². The van der Waals surface area contributed by atoms with E-state index in [0.29, 0.717) is 30.6 Å². The number of likely N-dealkylation sites (N-methyl/N-ethyl adjacent to an activating group) is 1. The second-order valence-corrected chi connectivity index (χ2v) is 8.58. The molecule has 3 fully saturated rings. The summed E-state index contributed by atoms with van der Waals surface area (Å²) in [6.07, 6.45) is 6.81. The molecule has 0 aromatic carbocycles. The van der Waals surface area contributed by atoms with Gasteiger partial charge in [-0.05, 0) is 63.6 Å². The van der Waals surface area contributed by atoms with Crippen LogP contribution in [0, 0.1) is 11.8 Å². The van der Waals surface area contributed by atoms with Crippen molar-refractivity contribution in [3.8, 4) is 0 Å². The normalized spacial score (nSPS) is 22.0. The molecule has 170 valence electrons. The highest BCUT2D eigenvalue weighted by atomic mass is 35.5. The molecule has 0 unspecified atom stereocenters. The number of amides is 2. The lowest BCUT2D eigenvalue weighted by Crippen LogP contribution is -2.49. The van der Waals surface area contributed by atoms with E-state index in [-0.39, 0.29) is 24.8 Å². The Morgan fingerprint density at radius 1 is 0.793 bits per heavy atom. The van der Waals surface area contributed by atoms with Crippen LogP contribution in [0.3, 0.4) is 0 Å². The minimum absolute atomic E-state index is 0. The van der Waals surface area contributed by atoms with Gasteiger partial charge in [0.2, 0.25) is 11.8 Å². The number of hydrogen-bond donors (Lipinski definition) is 1. The summed E-state index contributed by atoms with van der Waals surface area (Å²) in [5.41, 5.74) is 0. The predicted molar refractivity (Wildman–Crippen MR) is 122 cm³/mol. The maximum absolute atomic E-state index is 12.6. The fourth-order valence-corrected chi connectivity index (χ4v) is 4.73. The van der Waals surface area contributed by atoms with Crippen LogP contribution in [0.15, 0.2) is 0 Å². The highest BCUT2D eigenvalue weighted by Crippen LogP contribution is 2.24. The molecule has 2 amide bonds. The van der Waals surface area contributed by atoms with E-state index in [1.54, 1.807) is 0 Å². The number of nitrogens with one attached hydrogen (secondary N) is 1. The second kappa shape index (κ2) is 13.7. The molecule has 0 spiro atoms. The molecule has 3 aliphatic rings. The quantitative estimate of drug-likeness (QED) is 0.674. The first kappa shape index (κ1) is 26.5. The van der Waals surface area contributed by atoms with Gasteiger partial charge in [0.15, 0.2) is 0 Å². The molecule has 0 atom stereocenters. The molecular formula is C21H40Cl2N4O2. The molecule has 3 rings (SSSR count). The van der Waals surface area contributed by atoms with Crippen molar-refractivity contribution in [2.75, 3.05) is 58.9 Å². The van der Waals surface area contributed by atoms with Crippen LogP contribution in [0.4, 0.5) is 0 Å². The third-order valence-corrected chi connectivity index (χ3v) is 6.83. The van der Waals surface area contributed by atoms with Gasteiger partial charge < -0.3 is 20.0 Å².